The Morgan fingerprint density at radius 3 is 1.86 bits per heavy atom. The fourth-order valence-corrected chi connectivity index (χ4v) is 3.72. The normalized spacial score (nSPS) is 10.9. The van der Waals surface area contributed by atoms with Gasteiger partial charge >= 0.3 is 0 Å². The molecule has 0 amide bonds. The molecule has 5 rings (SSSR count). The standard InChI is InChI=1S/C27H19N/c1-3-11-21(12-4-1)26-19-18-25(27(28-26)22-13-5-2-6-14-22)24-17-9-15-20-10-7-8-16-23(20)24/h1-19H. The van der Waals surface area contributed by atoms with Crippen LogP contribution in [0.2, 0.25) is 0 Å². The molecule has 0 saturated heterocycles. The maximum atomic E-state index is 5.10. The molecule has 28 heavy (non-hydrogen) atoms. The Kier molecular flexibility index (Phi) is 4.19. The molecule has 0 aliphatic heterocycles. The zero-order chi connectivity index (χ0) is 18.8. The van der Waals surface area contributed by atoms with Crippen LogP contribution in [0.4, 0.5) is 0 Å². The van der Waals surface area contributed by atoms with E-state index in [9.17, 15) is 0 Å². The van der Waals surface area contributed by atoms with Crippen LogP contribution in [0, 0.1) is 0 Å². The first-order valence-electron chi connectivity index (χ1n) is 9.50. The lowest BCUT2D eigenvalue weighted by molar-refractivity contribution is 1.32. The van der Waals surface area contributed by atoms with E-state index >= 15 is 0 Å². The van der Waals surface area contributed by atoms with Crippen molar-refractivity contribution < 1.29 is 0 Å². The van der Waals surface area contributed by atoms with Crippen LogP contribution in [-0.2, 0) is 0 Å². The Morgan fingerprint density at radius 1 is 0.429 bits per heavy atom. The molecule has 132 valence electrons. The van der Waals surface area contributed by atoms with Crippen LogP contribution < -0.4 is 0 Å². The molecule has 1 heteroatoms. The highest BCUT2D eigenvalue weighted by Gasteiger charge is 2.13. The van der Waals surface area contributed by atoms with E-state index in [0.29, 0.717) is 0 Å². The van der Waals surface area contributed by atoms with Crippen LogP contribution in [0.1, 0.15) is 0 Å². The first kappa shape index (κ1) is 16.5. The molecular formula is C27H19N. The molecule has 1 aromatic heterocycles. The molecule has 0 N–H and O–H groups in total. The van der Waals surface area contributed by atoms with Gasteiger partial charge in [-0.1, -0.05) is 103 Å². The smallest absolute Gasteiger partial charge is 0.0788 e. The van der Waals surface area contributed by atoms with E-state index in [2.05, 4.69) is 103 Å². The Balaban J connectivity index is 1.78. The first-order valence-corrected chi connectivity index (χ1v) is 9.50. The van der Waals surface area contributed by atoms with Crippen molar-refractivity contribution in [2.24, 2.45) is 0 Å². The maximum absolute atomic E-state index is 5.10. The van der Waals surface area contributed by atoms with Crippen LogP contribution >= 0.6 is 0 Å². The molecule has 0 aliphatic rings. The van der Waals surface area contributed by atoms with Gasteiger partial charge in [0.05, 0.1) is 11.4 Å². The summed E-state index contributed by atoms with van der Waals surface area (Å²) in [5, 5.41) is 2.49. The lowest BCUT2D eigenvalue weighted by Crippen LogP contribution is -1.93. The van der Waals surface area contributed by atoms with E-state index in [-0.39, 0.29) is 0 Å². The van der Waals surface area contributed by atoms with Crippen molar-refractivity contribution in [1.29, 1.82) is 0 Å². The van der Waals surface area contributed by atoms with Crippen molar-refractivity contribution in [1.82, 2.24) is 4.98 Å². The molecule has 0 saturated carbocycles. The number of hydrogen-bond acceptors (Lipinski definition) is 1. The van der Waals surface area contributed by atoms with Crippen LogP contribution in [0.5, 0.6) is 0 Å². The van der Waals surface area contributed by atoms with Crippen LogP contribution in [0.25, 0.3) is 44.4 Å². The molecule has 0 atom stereocenters. The fourth-order valence-electron chi connectivity index (χ4n) is 3.72. The van der Waals surface area contributed by atoms with Crippen molar-refractivity contribution >= 4 is 10.8 Å². The average molecular weight is 357 g/mol. The molecule has 1 nitrogen and oxygen atoms in total. The minimum Gasteiger partial charge on any atom is -0.247 e. The molecule has 1 heterocycles. The number of aromatic nitrogens is 1. The van der Waals surface area contributed by atoms with Gasteiger partial charge in [0.15, 0.2) is 0 Å². The Bertz CT molecular complexity index is 1240. The Morgan fingerprint density at radius 2 is 1.07 bits per heavy atom. The van der Waals surface area contributed by atoms with E-state index in [0.717, 1.165) is 28.1 Å². The van der Waals surface area contributed by atoms with E-state index in [1.54, 1.807) is 0 Å². The second-order valence-corrected chi connectivity index (χ2v) is 6.85. The molecule has 0 radical (unpaired) electrons. The number of nitrogens with zero attached hydrogens (tertiary/aromatic N) is 1. The van der Waals surface area contributed by atoms with Crippen molar-refractivity contribution in [3.63, 3.8) is 0 Å². The molecule has 4 aromatic carbocycles. The predicted octanol–water partition coefficient (Wildman–Crippen LogP) is 7.24. The van der Waals surface area contributed by atoms with Gasteiger partial charge in [0.2, 0.25) is 0 Å². The molecule has 0 unspecified atom stereocenters. The Labute approximate surface area is 165 Å². The van der Waals surface area contributed by atoms with Gasteiger partial charge in [-0.2, -0.15) is 0 Å². The summed E-state index contributed by atoms with van der Waals surface area (Å²) < 4.78 is 0. The molecular weight excluding hydrogens is 338 g/mol. The van der Waals surface area contributed by atoms with Gasteiger partial charge in [-0.15, -0.1) is 0 Å². The third kappa shape index (κ3) is 2.97. The van der Waals surface area contributed by atoms with Crippen LogP contribution in [0.15, 0.2) is 115 Å². The van der Waals surface area contributed by atoms with E-state index in [1.165, 1.54) is 16.3 Å². The lowest BCUT2D eigenvalue weighted by Gasteiger charge is -2.14. The molecule has 0 bridgehead atoms. The minimum atomic E-state index is 0.989. The molecule has 0 fully saturated rings. The van der Waals surface area contributed by atoms with Gasteiger partial charge in [0.25, 0.3) is 0 Å². The van der Waals surface area contributed by atoms with Gasteiger partial charge in [0.1, 0.15) is 0 Å². The van der Waals surface area contributed by atoms with Gasteiger partial charge in [-0.3, -0.25) is 0 Å². The van der Waals surface area contributed by atoms with Gasteiger partial charge in [-0.05, 0) is 28.5 Å². The van der Waals surface area contributed by atoms with Gasteiger partial charge < -0.3 is 0 Å². The number of pyridine rings is 1. The SMILES string of the molecule is c1ccc(-c2ccc(-c3cccc4ccccc34)c(-c3ccccc3)n2)cc1. The van der Waals surface area contributed by atoms with E-state index in [1.807, 2.05) is 12.1 Å². The number of hydrogen-bond donors (Lipinski definition) is 0. The summed E-state index contributed by atoms with van der Waals surface area (Å²) in [4.78, 5) is 5.10. The summed E-state index contributed by atoms with van der Waals surface area (Å²) in [6, 6.07) is 40.1. The summed E-state index contributed by atoms with van der Waals surface area (Å²) >= 11 is 0. The highest BCUT2D eigenvalue weighted by Crippen LogP contribution is 2.36. The van der Waals surface area contributed by atoms with Crippen molar-refractivity contribution in [2.75, 3.05) is 0 Å². The van der Waals surface area contributed by atoms with Crippen LogP contribution in [0.3, 0.4) is 0 Å². The zero-order valence-corrected chi connectivity index (χ0v) is 15.4. The second kappa shape index (κ2) is 7.13. The highest BCUT2D eigenvalue weighted by atomic mass is 14.7. The number of benzene rings is 4. The topological polar surface area (TPSA) is 12.9 Å². The predicted molar refractivity (Wildman–Crippen MR) is 118 cm³/mol. The summed E-state index contributed by atoms with van der Waals surface area (Å²) in [7, 11) is 0. The van der Waals surface area contributed by atoms with Crippen LogP contribution in [-0.4, -0.2) is 4.98 Å². The van der Waals surface area contributed by atoms with E-state index in [4.69, 9.17) is 4.98 Å². The van der Waals surface area contributed by atoms with Crippen molar-refractivity contribution in [3.8, 4) is 33.6 Å². The lowest BCUT2D eigenvalue weighted by atomic mass is 9.94. The first-order chi connectivity index (χ1) is 13.9. The van der Waals surface area contributed by atoms with Gasteiger partial charge in [0, 0.05) is 16.7 Å². The van der Waals surface area contributed by atoms with E-state index < -0.39 is 0 Å². The fraction of sp³-hybridized carbons (Fsp3) is 0. The number of rotatable bonds is 3. The minimum absolute atomic E-state index is 0.989. The molecule has 0 aliphatic carbocycles. The van der Waals surface area contributed by atoms with Crippen molar-refractivity contribution in [2.45, 2.75) is 0 Å². The molecule has 0 spiro atoms. The Hall–Kier alpha value is -3.71. The molecule has 5 aromatic rings. The zero-order valence-electron chi connectivity index (χ0n) is 15.4. The second-order valence-electron chi connectivity index (χ2n) is 6.85. The monoisotopic (exact) mass is 357 g/mol. The summed E-state index contributed by atoms with van der Waals surface area (Å²) in [5.41, 5.74) is 6.63. The third-order valence-electron chi connectivity index (χ3n) is 5.09. The summed E-state index contributed by atoms with van der Waals surface area (Å²) in [6.07, 6.45) is 0. The van der Waals surface area contributed by atoms with Crippen molar-refractivity contribution in [3.05, 3.63) is 115 Å². The summed E-state index contributed by atoms with van der Waals surface area (Å²) in [5.74, 6) is 0. The summed E-state index contributed by atoms with van der Waals surface area (Å²) in [6.45, 7) is 0. The maximum Gasteiger partial charge on any atom is 0.0788 e. The average Bonchev–Trinajstić information content (AvgIpc) is 2.79. The quantitative estimate of drug-likeness (QED) is 0.332. The highest BCUT2D eigenvalue weighted by molar-refractivity contribution is 6.00. The number of fused-ring (bicyclic) bond motifs is 1. The largest absolute Gasteiger partial charge is 0.247 e. The van der Waals surface area contributed by atoms with Gasteiger partial charge in [-0.25, -0.2) is 4.98 Å². The third-order valence-corrected chi connectivity index (χ3v) is 5.09.